The summed E-state index contributed by atoms with van der Waals surface area (Å²) in [6, 6.07) is 2.08. The first kappa shape index (κ1) is 86.8. The number of nitrogens with one attached hydrogen (secondary N) is 6. The van der Waals surface area contributed by atoms with Gasteiger partial charge in [-0.15, -0.1) is 0 Å². The Morgan fingerprint density at radius 3 is 1.58 bits per heavy atom. The van der Waals surface area contributed by atoms with Gasteiger partial charge in [-0.25, -0.2) is 9.59 Å². The van der Waals surface area contributed by atoms with E-state index in [0.717, 1.165) is 44.9 Å². The van der Waals surface area contributed by atoms with E-state index in [1.54, 1.807) is 32.9 Å². The molecule has 0 radical (unpaired) electrons. The molecule has 1 aromatic carbocycles. The predicted octanol–water partition coefficient (Wildman–Crippen LogP) is 4.43. The molecule has 0 saturated carbocycles. The first-order valence-corrected chi connectivity index (χ1v) is 34.1. The molecule has 0 aromatic heterocycles. The molecule has 1 aliphatic rings. The van der Waals surface area contributed by atoms with Gasteiger partial charge in [-0.2, -0.15) is 0 Å². The number of Topliss-reactive ketones (excluding diaryl/α,β-unsaturated/α-hetero) is 1. The molecule has 0 aliphatic carbocycles. The van der Waals surface area contributed by atoms with Gasteiger partial charge in [0, 0.05) is 67.1 Å². The number of alkyl carbamates (subject to hydrolysis) is 1. The third-order valence-electron chi connectivity index (χ3n) is 15.0. The molecule has 10 atom stereocenters. The maximum absolute atomic E-state index is 13.7. The summed E-state index contributed by atoms with van der Waals surface area (Å²) in [6.45, 7) is 7.75. The zero-order valence-electron chi connectivity index (χ0n) is 58.4. The van der Waals surface area contributed by atoms with Gasteiger partial charge < -0.3 is 82.2 Å². The van der Waals surface area contributed by atoms with Crippen molar-refractivity contribution < 1.29 is 73.3 Å². The molecule has 1 aromatic rings. The number of carbonyl (C=O) groups excluding carboxylic acids is 7. The molecule has 1 aliphatic heterocycles. The van der Waals surface area contributed by atoms with Gasteiger partial charge in [0.1, 0.15) is 55.0 Å². The van der Waals surface area contributed by atoms with Crippen molar-refractivity contribution in [3.63, 3.8) is 0 Å². The van der Waals surface area contributed by atoms with Crippen LogP contribution in [0.4, 0.5) is 15.3 Å². The first-order valence-electron chi connectivity index (χ1n) is 34.1. The number of urea groups is 1. The number of primary amides is 1. The van der Waals surface area contributed by atoms with Gasteiger partial charge in [0.05, 0.1) is 25.2 Å². The third-order valence-corrected chi connectivity index (χ3v) is 15.0. The Bertz CT molecular complexity index is 3650. The number of rotatable bonds is 41. The highest BCUT2D eigenvalue weighted by Crippen LogP contribution is 2.24. The van der Waals surface area contributed by atoms with Crippen molar-refractivity contribution in [3.8, 4) is 142 Å². The van der Waals surface area contributed by atoms with E-state index in [1.807, 2.05) is 0 Å². The van der Waals surface area contributed by atoms with Crippen LogP contribution in [0.2, 0.25) is 0 Å². The Morgan fingerprint density at radius 2 is 1.07 bits per heavy atom. The maximum atomic E-state index is 13.7. The van der Waals surface area contributed by atoms with E-state index in [4.69, 9.17) is 19.9 Å². The van der Waals surface area contributed by atoms with Crippen LogP contribution in [0, 0.1) is 148 Å². The number of benzene rings is 1. The Labute approximate surface area is 596 Å². The number of aliphatic hydroxyl groups is 5. The average molecular weight is 1380 g/mol. The van der Waals surface area contributed by atoms with E-state index in [9.17, 15) is 59.1 Å². The van der Waals surface area contributed by atoms with Gasteiger partial charge >= 0.3 is 12.1 Å². The van der Waals surface area contributed by atoms with Crippen LogP contribution in [-0.2, 0) is 44.8 Å². The van der Waals surface area contributed by atoms with Crippen molar-refractivity contribution in [2.24, 2.45) is 11.7 Å². The van der Waals surface area contributed by atoms with E-state index < -0.39 is 110 Å². The summed E-state index contributed by atoms with van der Waals surface area (Å²) in [6.07, 6.45) is 4.47. The van der Waals surface area contributed by atoms with Crippen LogP contribution >= 0.6 is 0 Å². The lowest BCUT2D eigenvalue weighted by Gasteiger charge is -2.41. The topological polar surface area (TPSA) is 347 Å². The van der Waals surface area contributed by atoms with Crippen LogP contribution in [0.25, 0.3) is 0 Å². The monoisotopic (exact) mass is 1380 g/mol. The van der Waals surface area contributed by atoms with Gasteiger partial charge in [0.15, 0.2) is 6.29 Å². The van der Waals surface area contributed by atoms with Gasteiger partial charge in [-0.3, -0.25) is 19.2 Å². The van der Waals surface area contributed by atoms with Crippen LogP contribution in [0.1, 0.15) is 181 Å². The molecule has 101 heavy (non-hydrogen) atoms. The summed E-state index contributed by atoms with van der Waals surface area (Å²) >= 11 is 0. The quantitative estimate of drug-likeness (QED) is 0.0319. The van der Waals surface area contributed by atoms with Crippen molar-refractivity contribution in [3.05, 3.63) is 29.8 Å². The number of carbonyl (C=O) groups is 7. The highest BCUT2D eigenvalue weighted by Gasteiger charge is 2.45. The van der Waals surface area contributed by atoms with Gasteiger partial charge in [-0.1, -0.05) is 135 Å². The number of amides is 7. The minimum absolute atomic E-state index is 0.0908. The second-order valence-electron chi connectivity index (χ2n) is 23.7. The van der Waals surface area contributed by atoms with E-state index >= 15 is 0 Å². The fraction of sp³-hybridized carbons (Fsp3) is 0.532. The lowest BCUT2D eigenvalue weighted by Crippen LogP contribution is -2.61. The number of aliphatic hydroxyl groups excluding tert-OH is 5. The van der Waals surface area contributed by atoms with Gasteiger partial charge in [0.2, 0.25) is 23.6 Å². The molecule has 1 saturated heterocycles. The van der Waals surface area contributed by atoms with Crippen LogP contribution in [0.5, 0.6) is 0 Å². The molecule has 22 nitrogen and oxygen atoms in total. The van der Waals surface area contributed by atoms with Gasteiger partial charge in [-0.05, 0) is 164 Å². The molecular weight excluding hydrogens is 1290 g/mol. The fourth-order valence-electron chi connectivity index (χ4n) is 9.53. The number of nitrogens with two attached hydrogens (primary N) is 1. The zero-order chi connectivity index (χ0) is 74.1. The summed E-state index contributed by atoms with van der Waals surface area (Å²) in [7, 11) is 0. The summed E-state index contributed by atoms with van der Waals surface area (Å²) in [5.74, 6) is 57.8. The minimum Gasteiger partial charge on any atom is -0.445 e. The summed E-state index contributed by atoms with van der Waals surface area (Å²) in [5.41, 5.74) is 6.01. The number of hydrogen-bond acceptors (Lipinski definition) is 15. The number of ketones is 1. The molecule has 2 rings (SSSR count). The molecule has 1 fully saturated rings. The molecule has 536 valence electrons. The number of anilines is 1. The second kappa shape index (κ2) is 55.6. The number of ether oxygens (including phenoxy) is 3. The van der Waals surface area contributed by atoms with E-state index in [1.165, 1.54) is 64.0 Å². The molecular formula is C79H95N7O15. The number of unbranched alkanes of at least 4 members (excludes halogenated alkanes) is 14. The van der Waals surface area contributed by atoms with E-state index in [2.05, 4.69) is 181 Å². The smallest absolute Gasteiger partial charge is 0.407 e. The lowest BCUT2D eigenvalue weighted by molar-refractivity contribution is -0.297. The molecule has 1 heterocycles. The molecule has 13 N–H and O–H groups in total. The Morgan fingerprint density at radius 1 is 0.564 bits per heavy atom. The largest absolute Gasteiger partial charge is 0.445 e. The fourth-order valence-corrected chi connectivity index (χ4v) is 9.53. The van der Waals surface area contributed by atoms with Crippen molar-refractivity contribution in [1.29, 1.82) is 0 Å². The first-order chi connectivity index (χ1) is 48.8. The zero-order valence-corrected chi connectivity index (χ0v) is 58.4. The van der Waals surface area contributed by atoms with Crippen molar-refractivity contribution in [1.82, 2.24) is 26.6 Å². The van der Waals surface area contributed by atoms with Crippen molar-refractivity contribution in [2.45, 2.75) is 244 Å². The molecule has 7 amide bonds. The van der Waals surface area contributed by atoms with Crippen LogP contribution in [-0.4, -0.2) is 148 Å². The number of hydrogen-bond donors (Lipinski definition) is 12. The second-order valence-corrected chi connectivity index (χ2v) is 23.7. The van der Waals surface area contributed by atoms with E-state index in [-0.39, 0.29) is 56.4 Å². The predicted molar refractivity (Wildman–Crippen MR) is 383 cm³/mol. The Balaban J connectivity index is 2.09. The average Bonchev–Trinajstić information content (AvgIpc) is 0.816. The maximum Gasteiger partial charge on any atom is 0.407 e. The van der Waals surface area contributed by atoms with Crippen LogP contribution in [0.15, 0.2) is 24.3 Å². The summed E-state index contributed by atoms with van der Waals surface area (Å²) in [5, 5.41) is 71.1. The minimum atomic E-state index is -1.85. The van der Waals surface area contributed by atoms with Crippen molar-refractivity contribution in [2.75, 3.05) is 25.0 Å². The molecule has 0 spiro atoms. The van der Waals surface area contributed by atoms with Gasteiger partial charge in [0.25, 0.3) is 0 Å². The van der Waals surface area contributed by atoms with Crippen molar-refractivity contribution >= 4 is 47.2 Å². The SMILES string of the molecule is CC#CC#CC#CC#CC#CC#CC#CC#CC#CC#CC#CC#CCC(=O)N[C@@H](CO[C@H]1OC(CNC(=O)OCc2ccc(NC(=O)[C@H](CCCNC(N)=O)NC(=O)[C@@H](NC(=O)CCCCCCC(C)=O)C(C)C)cc2)[C@H](O)[C@H](O)C1O)[C@H](O)[C@H](O)CCCCCCCCCCCCCC. The molecule has 22 heteroatoms. The Hall–Kier alpha value is -10.2. The molecule has 0 bridgehead atoms. The Kier molecular flexibility index (Phi) is 47.8. The summed E-state index contributed by atoms with van der Waals surface area (Å²) in [4.78, 5) is 88.9. The van der Waals surface area contributed by atoms with Crippen LogP contribution < -0.4 is 37.6 Å². The normalized spacial score (nSPS) is 15.6. The standard InChI is InChI=1S/C79H95N7O15/c1-6-8-10-12-14-16-18-20-21-22-23-24-25-26-27-28-29-30-31-33-35-37-39-44-50-68(89)84-65(71(91)66(88)49-43-38-36-34-32-19-17-15-13-11-9-7-2)59-99-77-74(94)73(93)72(92)67(101-77)57-82-79(98)100-58-62-52-54-63(55-53-62)83-75(95)64(48-46-56-81-78(80)97)85-76(96)70(60(3)4)86-69(90)51-45-41-40-42-47-61(5)87/h52-55,60,64-67,70-74,77,88,91-94H,7,9,11,13,15,17,19,32,34,36,38,40-43,45-51,56-59H2,1-5H3,(H,82,98)(H,83,95)(H,84,89)(H,85,96)(H,86,90)(H3,80,81,97)/t64-,65-,66+,67?,70-,71-,72-,73-,74?,77-/m0/s1. The lowest BCUT2D eigenvalue weighted by atomic mass is 9.98. The highest BCUT2D eigenvalue weighted by molar-refractivity contribution is 5.98. The third kappa shape index (κ3) is 43.0. The highest BCUT2D eigenvalue weighted by atomic mass is 16.7. The molecule has 2 unspecified atom stereocenters. The van der Waals surface area contributed by atoms with E-state index in [0.29, 0.717) is 30.5 Å². The van der Waals surface area contributed by atoms with Crippen LogP contribution in [0.3, 0.4) is 0 Å². The summed E-state index contributed by atoms with van der Waals surface area (Å²) < 4.78 is 17.0.